The number of likely N-dealkylation sites (tertiary alicyclic amines) is 1. The zero-order valence-corrected chi connectivity index (χ0v) is 12.1. The first kappa shape index (κ1) is 15.8. The Morgan fingerprint density at radius 1 is 1.28 bits per heavy atom. The molecule has 18 heavy (non-hydrogen) atoms. The van der Waals surface area contributed by atoms with Gasteiger partial charge in [-0.05, 0) is 51.9 Å². The van der Waals surface area contributed by atoms with E-state index in [1.54, 1.807) is 7.05 Å². The number of nitrogens with two attached hydrogens (primary N) is 1. The smallest absolute Gasteiger partial charge is 0.279 e. The summed E-state index contributed by atoms with van der Waals surface area (Å²) in [5.41, 5.74) is 5.36. The molecule has 0 aromatic carbocycles. The van der Waals surface area contributed by atoms with Crippen LogP contribution >= 0.6 is 0 Å². The van der Waals surface area contributed by atoms with Crippen LogP contribution < -0.4 is 10.5 Å². The van der Waals surface area contributed by atoms with Crippen LogP contribution in [0.1, 0.15) is 25.7 Å². The molecular formula is C11H26N4O2S. The lowest BCUT2D eigenvalue weighted by Gasteiger charge is -2.18. The van der Waals surface area contributed by atoms with Crippen LogP contribution in [-0.4, -0.2) is 63.9 Å². The number of nitrogens with zero attached hydrogens (tertiary/aromatic N) is 2. The van der Waals surface area contributed by atoms with Crippen LogP contribution in [0, 0.1) is 0 Å². The summed E-state index contributed by atoms with van der Waals surface area (Å²) in [5, 5.41) is 0. The summed E-state index contributed by atoms with van der Waals surface area (Å²) in [7, 11) is -1.74. The van der Waals surface area contributed by atoms with Gasteiger partial charge in [-0.3, -0.25) is 0 Å². The Bertz CT molecular complexity index is 315. The lowest BCUT2D eigenvalue weighted by atomic mass is 10.4. The van der Waals surface area contributed by atoms with Crippen molar-refractivity contribution in [3.05, 3.63) is 0 Å². The summed E-state index contributed by atoms with van der Waals surface area (Å²) in [4.78, 5) is 2.38. The quantitative estimate of drug-likeness (QED) is 0.562. The predicted molar refractivity (Wildman–Crippen MR) is 73.5 cm³/mol. The standard InChI is InChI=1S/C11H26N4O2S/c1-14(8-4-6-12)18(16,17)13-7-5-11-15-9-2-3-10-15/h13H,2-12H2,1H3. The molecule has 1 aliphatic rings. The van der Waals surface area contributed by atoms with Crippen molar-refractivity contribution in [3.8, 4) is 0 Å². The topological polar surface area (TPSA) is 78.7 Å². The number of rotatable bonds is 9. The molecule has 1 rings (SSSR count). The molecule has 0 amide bonds. The van der Waals surface area contributed by atoms with Gasteiger partial charge in [-0.25, -0.2) is 4.72 Å². The molecule has 6 nitrogen and oxygen atoms in total. The first-order valence-electron chi connectivity index (χ1n) is 6.69. The molecule has 108 valence electrons. The van der Waals surface area contributed by atoms with Crippen molar-refractivity contribution in [1.29, 1.82) is 0 Å². The molecule has 1 fully saturated rings. The van der Waals surface area contributed by atoms with Gasteiger partial charge >= 0.3 is 0 Å². The van der Waals surface area contributed by atoms with Gasteiger partial charge in [0.25, 0.3) is 10.2 Å². The van der Waals surface area contributed by atoms with Crippen molar-refractivity contribution in [2.75, 3.05) is 46.3 Å². The van der Waals surface area contributed by atoms with Crippen molar-refractivity contribution in [3.63, 3.8) is 0 Å². The normalized spacial score (nSPS) is 17.7. The van der Waals surface area contributed by atoms with Crippen molar-refractivity contribution in [1.82, 2.24) is 13.9 Å². The van der Waals surface area contributed by atoms with Crippen LogP contribution in [0.15, 0.2) is 0 Å². The second-order valence-electron chi connectivity index (χ2n) is 4.77. The molecule has 1 aliphatic heterocycles. The zero-order valence-electron chi connectivity index (χ0n) is 11.3. The molecular weight excluding hydrogens is 252 g/mol. The van der Waals surface area contributed by atoms with E-state index in [0.717, 1.165) is 26.1 Å². The highest BCUT2D eigenvalue weighted by Crippen LogP contribution is 2.07. The Balaban J connectivity index is 2.15. The van der Waals surface area contributed by atoms with Gasteiger partial charge in [0, 0.05) is 20.1 Å². The molecule has 0 atom stereocenters. The minimum absolute atomic E-state index is 0.470. The summed E-state index contributed by atoms with van der Waals surface area (Å²) in [5.74, 6) is 0. The third-order valence-corrected chi connectivity index (χ3v) is 4.79. The van der Waals surface area contributed by atoms with Gasteiger partial charge in [-0.2, -0.15) is 12.7 Å². The van der Waals surface area contributed by atoms with E-state index in [1.807, 2.05) is 0 Å². The van der Waals surface area contributed by atoms with Crippen LogP contribution in [0.5, 0.6) is 0 Å². The number of nitrogens with one attached hydrogen (secondary N) is 1. The van der Waals surface area contributed by atoms with E-state index in [1.165, 1.54) is 17.1 Å². The Hall–Kier alpha value is -0.210. The fourth-order valence-corrected chi connectivity index (χ4v) is 3.05. The molecule has 0 unspecified atom stereocenters. The number of hydrogen-bond acceptors (Lipinski definition) is 4. The molecule has 0 aromatic rings. The minimum atomic E-state index is -3.32. The van der Waals surface area contributed by atoms with Crippen LogP contribution in [0.2, 0.25) is 0 Å². The van der Waals surface area contributed by atoms with E-state index < -0.39 is 10.2 Å². The average Bonchev–Trinajstić information content (AvgIpc) is 2.84. The lowest BCUT2D eigenvalue weighted by molar-refractivity contribution is 0.333. The average molecular weight is 278 g/mol. The summed E-state index contributed by atoms with van der Waals surface area (Å²) in [6.07, 6.45) is 4.09. The second kappa shape index (κ2) is 8.06. The maximum absolute atomic E-state index is 11.8. The molecule has 1 saturated heterocycles. The van der Waals surface area contributed by atoms with E-state index in [2.05, 4.69) is 9.62 Å². The van der Waals surface area contributed by atoms with Gasteiger partial charge in [-0.15, -0.1) is 0 Å². The Kier molecular flexibility index (Phi) is 7.10. The van der Waals surface area contributed by atoms with Gasteiger partial charge in [-0.1, -0.05) is 0 Å². The highest BCUT2D eigenvalue weighted by molar-refractivity contribution is 7.87. The molecule has 1 heterocycles. The molecule has 0 aliphatic carbocycles. The SMILES string of the molecule is CN(CCCN)S(=O)(=O)NCCCN1CCCC1. The van der Waals surface area contributed by atoms with E-state index >= 15 is 0 Å². The Morgan fingerprint density at radius 3 is 2.56 bits per heavy atom. The van der Waals surface area contributed by atoms with E-state index in [9.17, 15) is 8.42 Å². The fourth-order valence-electron chi connectivity index (χ4n) is 2.05. The van der Waals surface area contributed by atoms with Gasteiger partial charge in [0.1, 0.15) is 0 Å². The summed E-state index contributed by atoms with van der Waals surface area (Å²) < 4.78 is 27.5. The maximum atomic E-state index is 11.8. The third-order valence-electron chi connectivity index (χ3n) is 3.22. The summed E-state index contributed by atoms with van der Waals surface area (Å²) in [6.45, 7) is 4.78. The summed E-state index contributed by atoms with van der Waals surface area (Å²) >= 11 is 0. The van der Waals surface area contributed by atoms with Crippen molar-refractivity contribution < 1.29 is 8.42 Å². The molecule has 7 heteroatoms. The largest absolute Gasteiger partial charge is 0.330 e. The van der Waals surface area contributed by atoms with Crippen molar-refractivity contribution in [2.24, 2.45) is 5.73 Å². The van der Waals surface area contributed by atoms with Crippen molar-refractivity contribution >= 4 is 10.2 Å². The number of hydrogen-bond donors (Lipinski definition) is 2. The fraction of sp³-hybridized carbons (Fsp3) is 1.00. The maximum Gasteiger partial charge on any atom is 0.279 e. The van der Waals surface area contributed by atoms with Gasteiger partial charge < -0.3 is 10.6 Å². The monoisotopic (exact) mass is 278 g/mol. The predicted octanol–water partition coefficient (Wildman–Crippen LogP) is -0.413. The third kappa shape index (κ3) is 5.62. The first-order chi connectivity index (χ1) is 8.56. The molecule has 0 radical (unpaired) electrons. The highest BCUT2D eigenvalue weighted by atomic mass is 32.2. The van der Waals surface area contributed by atoms with Crippen LogP contribution in [0.4, 0.5) is 0 Å². The van der Waals surface area contributed by atoms with E-state index in [0.29, 0.717) is 26.1 Å². The van der Waals surface area contributed by atoms with Gasteiger partial charge in [0.05, 0.1) is 0 Å². The minimum Gasteiger partial charge on any atom is -0.330 e. The highest BCUT2D eigenvalue weighted by Gasteiger charge is 2.16. The second-order valence-corrected chi connectivity index (χ2v) is 6.63. The van der Waals surface area contributed by atoms with Crippen molar-refractivity contribution in [2.45, 2.75) is 25.7 Å². The first-order valence-corrected chi connectivity index (χ1v) is 8.13. The summed E-state index contributed by atoms with van der Waals surface area (Å²) in [6, 6.07) is 0. The molecule has 3 N–H and O–H groups in total. The van der Waals surface area contributed by atoms with Gasteiger partial charge in [0.2, 0.25) is 0 Å². The van der Waals surface area contributed by atoms with Crippen LogP contribution in [-0.2, 0) is 10.2 Å². The molecule has 0 saturated carbocycles. The van der Waals surface area contributed by atoms with Crippen LogP contribution in [0.25, 0.3) is 0 Å². The van der Waals surface area contributed by atoms with Crippen LogP contribution in [0.3, 0.4) is 0 Å². The zero-order chi connectivity index (χ0) is 13.4. The molecule has 0 spiro atoms. The Morgan fingerprint density at radius 2 is 1.94 bits per heavy atom. The van der Waals surface area contributed by atoms with E-state index in [4.69, 9.17) is 5.73 Å². The molecule has 0 bridgehead atoms. The van der Waals surface area contributed by atoms with E-state index in [-0.39, 0.29) is 0 Å². The lowest BCUT2D eigenvalue weighted by Crippen LogP contribution is -2.40. The van der Waals surface area contributed by atoms with Gasteiger partial charge in [0.15, 0.2) is 0 Å². The Labute approximate surface area is 111 Å². The molecule has 0 aromatic heterocycles.